The molecule has 0 aliphatic carbocycles. The molecule has 0 saturated heterocycles. The van der Waals surface area contributed by atoms with Gasteiger partial charge in [0.25, 0.3) is 0 Å². The minimum absolute atomic E-state index is 0.504. The molecular weight excluding hydrogens is 288 g/mol. The zero-order chi connectivity index (χ0) is 13.5. The van der Waals surface area contributed by atoms with Crippen molar-refractivity contribution < 1.29 is 0 Å². The first-order valence-corrected chi connectivity index (χ1v) is 7.74. The highest BCUT2D eigenvalue weighted by Gasteiger charge is 2.17. The summed E-state index contributed by atoms with van der Waals surface area (Å²) in [6.07, 6.45) is 3.56. The summed E-state index contributed by atoms with van der Waals surface area (Å²) < 4.78 is 2.57. The molecule has 20 heavy (non-hydrogen) atoms. The number of nitrogens with zero attached hydrogens (tertiary/aromatic N) is 2. The third kappa shape index (κ3) is 1.73. The number of fused-ring (bicyclic) bond motifs is 1. The third-order valence-corrected chi connectivity index (χ3v) is 5.24. The van der Waals surface area contributed by atoms with Crippen LogP contribution >= 0.6 is 22.7 Å². The summed E-state index contributed by atoms with van der Waals surface area (Å²) in [4.78, 5) is 5.31. The van der Waals surface area contributed by atoms with Crippen molar-refractivity contribution >= 4 is 37.9 Å². The van der Waals surface area contributed by atoms with E-state index in [1.54, 1.807) is 35.1 Å². The molecule has 6 heteroatoms. The smallest absolute Gasteiger partial charge is 0.153 e. The largest absolute Gasteiger partial charge is 0.382 e. The SMILES string of the molecule is Nc1n[nH]c(-c2cc3sccc3s2)c1-c1cccnc1. The molecule has 4 aromatic rings. The monoisotopic (exact) mass is 298 g/mol. The van der Waals surface area contributed by atoms with E-state index in [2.05, 4.69) is 32.7 Å². The van der Waals surface area contributed by atoms with Gasteiger partial charge in [-0.25, -0.2) is 0 Å². The number of nitrogen functional groups attached to an aromatic ring is 1. The van der Waals surface area contributed by atoms with E-state index >= 15 is 0 Å². The van der Waals surface area contributed by atoms with Gasteiger partial charge in [0, 0.05) is 27.4 Å². The highest BCUT2D eigenvalue weighted by molar-refractivity contribution is 7.28. The molecule has 0 radical (unpaired) electrons. The minimum atomic E-state index is 0.504. The Morgan fingerprint density at radius 3 is 2.95 bits per heavy atom. The average molecular weight is 298 g/mol. The fraction of sp³-hybridized carbons (Fsp3) is 0. The Balaban J connectivity index is 1.93. The van der Waals surface area contributed by atoms with Gasteiger partial charge in [-0.1, -0.05) is 6.07 Å². The van der Waals surface area contributed by atoms with E-state index in [9.17, 15) is 0 Å². The lowest BCUT2D eigenvalue weighted by atomic mass is 10.1. The highest BCUT2D eigenvalue weighted by atomic mass is 32.1. The Kier molecular flexibility index (Phi) is 2.58. The Bertz CT molecular complexity index is 845. The van der Waals surface area contributed by atoms with E-state index in [1.807, 2.05) is 12.1 Å². The van der Waals surface area contributed by atoms with Gasteiger partial charge in [-0.05, 0) is 23.6 Å². The van der Waals surface area contributed by atoms with Crippen LogP contribution in [0, 0.1) is 0 Å². The quantitative estimate of drug-likeness (QED) is 0.588. The molecule has 0 bridgehead atoms. The van der Waals surface area contributed by atoms with Crippen molar-refractivity contribution in [2.24, 2.45) is 0 Å². The van der Waals surface area contributed by atoms with Crippen LogP contribution in [0.4, 0.5) is 5.82 Å². The molecule has 0 amide bonds. The first-order valence-electron chi connectivity index (χ1n) is 6.04. The molecule has 0 spiro atoms. The zero-order valence-electron chi connectivity index (χ0n) is 10.3. The Labute approximate surface area is 122 Å². The maximum Gasteiger partial charge on any atom is 0.153 e. The Morgan fingerprint density at radius 1 is 1.20 bits per heavy atom. The number of thiophene rings is 2. The summed E-state index contributed by atoms with van der Waals surface area (Å²) in [5.41, 5.74) is 8.88. The zero-order valence-corrected chi connectivity index (χ0v) is 12.0. The van der Waals surface area contributed by atoms with Gasteiger partial charge in [-0.15, -0.1) is 22.7 Å². The fourth-order valence-electron chi connectivity index (χ4n) is 2.23. The van der Waals surface area contributed by atoms with E-state index < -0.39 is 0 Å². The van der Waals surface area contributed by atoms with Crippen LogP contribution in [-0.4, -0.2) is 15.2 Å². The summed E-state index contributed by atoms with van der Waals surface area (Å²) in [5, 5.41) is 9.32. The molecule has 4 aromatic heterocycles. The van der Waals surface area contributed by atoms with Crippen LogP contribution in [0.15, 0.2) is 42.0 Å². The predicted octanol–water partition coefficient (Wildman–Crippen LogP) is 4.00. The summed E-state index contributed by atoms with van der Waals surface area (Å²) in [6.45, 7) is 0. The molecule has 4 heterocycles. The number of anilines is 1. The van der Waals surface area contributed by atoms with Crippen molar-refractivity contribution in [2.45, 2.75) is 0 Å². The van der Waals surface area contributed by atoms with Gasteiger partial charge >= 0.3 is 0 Å². The van der Waals surface area contributed by atoms with Gasteiger partial charge in [0.1, 0.15) is 0 Å². The Hall–Kier alpha value is -2.18. The molecule has 4 nitrogen and oxygen atoms in total. The number of H-pyrrole nitrogens is 1. The molecule has 0 aliphatic rings. The molecule has 3 N–H and O–H groups in total. The second kappa shape index (κ2) is 4.43. The normalized spacial score (nSPS) is 11.2. The maximum absolute atomic E-state index is 6.02. The average Bonchev–Trinajstić information content (AvgIpc) is 3.12. The predicted molar refractivity (Wildman–Crippen MR) is 84.9 cm³/mol. The number of aromatic nitrogens is 3. The Morgan fingerprint density at radius 2 is 2.15 bits per heavy atom. The molecule has 0 aliphatic heterocycles. The van der Waals surface area contributed by atoms with Crippen LogP contribution in [0.5, 0.6) is 0 Å². The summed E-state index contributed by atoms with van der Waals surface area (Å²) >= 11 is 3.49. The van der Waals surface area contributed by atoms with E-state index in [1.165, 1.54) is 9.40 Å². The fourth-order valence-corrected chi connectivity index (χ4v) is 4.34. The summed E-state index contributed by atoms with van der Waals surface area (Å²) in [5.74, 6) is 0.504. The molecule has 0 atom stereocenters. The van der Waals surface area contributed by atoms with E-state index in [0.717, 1.165) is 21.7 Å². The molecule has 98 valence electrons. The van der Waals surface area contributed by atoms with Gasteiger partial charge in [0.15, 0.2) is 5.82 Å². The van der Waals surface area contributed by atoms with Crippen molar-refractivity contribution in [3.8, 4) is 21.7 Å². The topological polar surface area (TPSA) is 67.6 Å². The number of nitrogens with two attached hydrogens (primary N) is 1. The van der Waals surface area contributed by atoms with Crippen molar-refractivity contribution in [3.63, 3.8) is 0 Å². The second-order valence-electron chi connectivity index (χ2n) is 4.36. The number of hydrogen-bond donors (Lipinski definition) is 2. The number of pyridine rings is 1. The van der Waals surface area contributed by atoms with Crippen LogP contribution in [0.25, 0.3) is 31.1 Å². The first kappa shape index (κ1) is 11.6. The highest BCUT2D eigenvalue weighted by Crippen LogP contribution is 2.41. The van der Waals surface area contributed by atoms with Gasteiger partial charge in [-0.3, -0.25) is 10.1 Å². The molecule has 0 unspecified atom stereocenters. The molecule has 4 rings (SSSR count). The third-order valence-electron chi connectivity index (χ3n) is 3.13. The number of aromatic amines is 1. The van der Waals surface area contributed by atoms with Gasteiger partial charge < -0.3 is 5.73 Å². The lowest BCUT2D eigenvalue weighted by Crippen LogP contribution is -1.88. The van der Waals surface area contributed by atoms with Crippen LogP contribution in [0.3, 0.4) is 0 Å². The van der Waals surface area contributed by atoms with Crippen LogP contribution < -0.4 is 5.73 Å². The second-order valence-corrected chi connectivity index (χ2v) is 6.39. The number of nitrogens with one attached hydrogen (secondary N) is 1. The summed E-state index contributed by atoms with van der Waals surface area (Å²) in [6, 6.07) is 8.21. The van der Waals surface area contributed by atoms with Gasteiger partial charge in [0.05, 0.1) is 16.1 Å². The molecular formula is C14H10N4S2. The number of hydrogen-bond acceptors (Lipinski definition) is 5. The summed E-state index contributed by atoms with van der Waals surface area (Å²) in [7, 11) is 0. The van der Waals surface area contributed by atoms with E-state index in [-0.39, 0.29) is 0 Å². The molecule has 0 saturated carbocycles. The van der Waals surface area contributed by atoms with E-state index in [4.69, 9.17) is 5.73 Å². The number of rotatable bonds is 2. The molecule has 0 aromatic carbocycles. The lowest BCUT2D eigenvalue weighted by Gasteiger charge is -2.01. The maximum atomic E-state index is 6.02. The lowest BCUT2D eigenvalue weighted by molar-refractivity contribution is 1.11. The minimum Gasteiger partial charge on any atom is -0.382 e. The van der Waals surface area contributed by atoms with Crippen molar-refractivity contribution in [2.75, 3.05) is 5.73 Å². The molecule has 0 fully saturated rings. The first-order chi connectivity index (χ1) is 9.83. The van der Waals surface area contributed by atoms with Crippen molar-refractivity contribution in [1.29, 1.82) is 0 Å². The van der Waals surface area contributed by atoms with E-state index in [0.29, 0.717) is 5.82 Å². The van der Waals surface area contributed by atoms with Crippen LogP contribution in [0.1, 0.15) is 0 Å². The van der Waals surface area contributed by atoms with Crippen LogP contribution in [-0.2, 0) is 0 Å². The van der Waals surface area contributed by atoms with Gasteiger partial charge in [-0.2, -0.15) is 5.10 Å². The van der Waals surface area contributed by atoms with Crippen molar-refractivity contribution in [3.05, 3.63) is 42.0 Å². The van der Waals surface area contributed by atoms with Gasteiger partial charge in [0.2, 0.25) is 0 Å². The van der Waals surface area contributed by atoms with Crippen LogP contribution in [0.2, 0.25) is 0 Å². The standard InChI is InChI=1S/C14H10N4S2/c15-14-12(8-2-1-4-16-7-8)13(17-18-14)11-6-10-9(20-11)3-5-19-10/h1-7H,(H3,15,17,18). The van der Waals surface area contributed by atoms with Crippen molar-refractivity contribution in [1.82, 2.24) is 15.2 Å².